The zero-order chi connectivity index (χ0) is 18.4. The van der Waals surface area contributed by atoms with Gasteiger partial charge < -0.3 is 15.3 Å². The molecule has 1 aromatic carbocycles. The third-order valence-electron chi connectivity index (χ3n) is 4.78. The molecule has 5 nitrogen and oxygen atoms in total. The monoisotopic (exact) mass is 336 g/mol. The van der Waals surface area contributed by atoms with Crippen LogP contribution >= 0.6 is 0 Å². The van der Waals surface area contributed by atoms with E-state index in [9.17, 15) is 14.7 Å². The second kappa shape index (κ2) is 8.83. The van der Waals surface area contributed by atoms with Gasteiger partial charge in [0, 0.05) is 0 Å². The first-order valence-electron chi connectivity index (χ1n) is 8.39. The van der Waals surface area contributed by atoms with Crippen molar-refractivity contribution in [3.05, 3.63) is 34.9 Å². The van der Waals surface area contributed by atoms with Crippen LogP contribution in [0.15, 0.2) is 18.2 Å². The lowest BCUT2D eigenvalue weighted by Crippen LogP contribution is -2.31. The van der Waals surface area contributed by atoms with Crippen LogP contribution in [-0.4, -0.2) is 33.4 Å². The molecular formula is C19H28O5. The Labute approximate surface area is 143 Å². The number of aromatic carboxylic acids is 2. The van der Waals surface area contributed by atoms with Gasteiger partial charge in [0.1, 0.15) is 0 Å². The van der Waals surface area contributed by atoms with Gasteiger partial charge in [-0.3, -0.25) is 0 Å². The molecular weight excluding hydrogens is 308 g/mol. The molecule has 2 rings (SSSR count). The summed E-state index contributed by atoms with van der Waals surface area (Å²) in [4.78, 5) is 21.2. The molecule has 1 fully saturated rings. The molecule has 24 heavy (non-hydrogen) atoms. The van der Waals surface area contributed by atoms with Crippen molar-refractivity contribution in [3.63, 3.8) is 0 Å². The molecule has 0 aromatic heterocycles. The van der Waals surface area contributed by atoms with Crippen LogP contribution in [0, 0.1) is 24.7 Å². The Hall–Kier alpha value is -1.88. The quantitative estimate of drug-likeness (QED) is 0.780. The molecule has 0 saturated heterocycles. The SMILES string of the molecule is CC1CCC(C(C)C)C(O)C1.Cc1c(C(=O)O)cccc1C(=O)O. The number of aliphatic hydroxyl groups excluding tert-OH is 1. The van der Waals surface area contributed by atoms with Crippen molar-refractivity contribution in [1.82, 2.24) is 0 Å². The van der Waals surface area contributed by atoms with E-state index >= 15 is 0 Å². The van der Waals surface area contributed by atoms with Gasteiger partial charge in [-0.15, -0.1) is 0 Å². The van der Waals surface area contributed by atoms with Crippen molar-refractivity contribution in [2.45, 2.75) is 53.1 Å². The summed E-state index contributed by atoms with van der Waals surface area (Å²) in [5.41, 5.74) is 0.335. The topological polar surface area (TPSA) is 94.8 Å². The van der Waals surface area contributed by atoms with Crippen LogP contribution in [0.25, 0.3) is 0 Å². The van der Waals surface area contributed by atoms with Crippen LogP contribution in [0.5, 0.6) is 0 Å². The lowest BCUT2D eigenvalue weighted by molar-refractivity contribution is 0.0265. The summed E-state index contributed by atoms with van der Waals surface area (Å²) in [6, 6.07) is 4.17. The standard InChI is InChI=1S/C10H20O.C9H8O4/c1-7(2)9-5-4-8(3)6-10(9)11;1-5-6(8(10)11)3-2-4-7(5)9(12)13/h7-11H,4-6H2,1-3H3;2-4H,1H3,(H,10,11)(H,12,13). The maximum atomic E-state index is 10.6. The predicted molar refractivity (Wildman–Crippen MR) is 92.4 cm³/mol. The molecule has 1 aliphatic rings. The maximum Gasteiger partial charge on any atom is 0.335 e. The first-order valence-corrected chi connectivity index (χ1v) is 8.39. The molecule has 3 unspecified atom stereocenters. The number of hydrogen-bond acceptors (Lipinski definition) is 3. The average molecular weight is 336 g/mol. The van der Waals surface area contributed by atoms with E-state index in [-0.39, 0.29) is 22.8 Å². The highest BCUT2D eigenvalue weighted by Gasteiger charge is 2.28. The molecule has 3 atom stereocenters. The smallest absolute Gasteiger partial charge is 0.335 e. The predicted octanol–water partition coefficient (Wildman–Crippen LogP) is 3.83. The highest BCUT2D eigenvalue weighted by atomic mass is 16.4. The van der Waals surface area contributed by atoms with Gasteiger partial charge in [-0.2, -0.15) is 0 Å². The molecule has 0 radical (unpaired) electrons. The Morgan fingerprint density at radius 2 is 1.58 bits per heavy atom. The first-order chi connectivity index (χ1) is 11.1. The van der Waals surface area contributed by atoms with Crippen molar-refractivity contribution in [2.75, 3.05) is 0 Å². The Bertz CT molecular complexity index is 547. The van der Waals surface area contributed by atoms with E-state index in [1.54, 1.807) is 0 Å². The van der Waals surface area contributed by atoms with E-state index in [1.807, 2.05) is 0 Å². The molecule has 0 spiro atoms. The highest BCUT2D eigenvalue weighted by molar-refractivity contribution is 5.96. The summed E-state index contributed by atoms with van der Waals surface area (Å²) >= 11 is 0. The molecule has 0 amide bonds. The minimum absolute atomic E-state index is 0.0277. The number of carbonyl (C=O) groups is 2. The Morgan fingerprint density at radius 1 is 1.08 bits per heavy atom. The number of hydrogen-bond donors (Lipinski definition) is 3. The zero-order valence-corrected chi connectivity index (χ0v) is 14.8. The Balaban J connectivity index is 0.000000243. The molecule has 0 aliphatic heterocycles. The summed E-state index contributed by atoms with van der Waals surface area (Å²) in [6.07, 6.45) is 3.52. The summed E-state index contributed by atoms with van der Waals surface area (Å²) in [5, 5.41) is 27.1. The van der Waals surface area contributed by atoms with E-state index in [1.165, 1.54) is 38.0 Å². The van der Waals surface area contributed by atoms with E-state index in [2.05, 4.69) is 20.8 Å². The second-order valence-corrected chi connectivity index (χ2v) is 6.98. The molecule has 5 heteroatoms. The molecule has 1 aliphatic carbocycles. The summed E-state index contributed by atoms with van der Waals surface area (Å²) in [6.45, 7) is 8.14. The first kappa shape index (κ1) is 20.2. The molecule has 1 aromatic rings. The number of benzene rings is 1. The van der Waals surface area contributed by atoms with Crippen LogP contribution in [0.4, 0.5) is 0 Å². The van der Waals surface area contributed by atoms with Crippen LogP contribution < -0.4 is 0 Å². The number of rotatable bonds is 3. The van der Waals surface area contributed by atoms with Gasteiger partial charge in [-0.05, 0) is 55.2 Å². The molecule has 0 bridgehead atoms. The Kier molecular flexibility index (Phi) is 7.42. The molecule has 3 N–H and O–H groups in total. The van der Waals surface area contributed by atoms with E-state index < -0.39 is 11.9 Å². The van der Waals surface area contributed by atoms with Crippen LogP contribution in [0.1, 0.15) is 66.3 Å². The van der Waals surface area contributed by atoms with Gasteiger partial charge in [-0.25, -0.2) is 9.59 Å². The largest absolute Gasteiger partial charge is 0.478 e. The average Bonchev–Trinajstić information content (AvgIpc) is 2.46. The van der Waals surface area contributed by atoms with Gasteiger partial charge in [-0.1, -0.05) is 33.3 Å². The van der Waals surface area contributed by atoms with Crippen molar-refractivity contribution in [2.24, 2.45) is 17.8 Å². The van der Waals surface area contributed by atoms with Crippen molar-refractivity contribution >= 4 is 11.9 Å². The van der Waals surface area contributed by atoms with Crippen LogP contribution in [-0.2, 0) is 0 Å². The van der Waals surface area contributed by atoms with Crippen molar-refractivity contribution in [1.29, 1.82) is 0 Å². The number of carboxylic acid groups (broad SMARTS) is 2. The lowest BCUT2D eigenvalue weighted by Gasteiger charge is -2.33. The van der Waals surface area contributed by atoms with E-state index in [0.29, 0.717) is 11.8 Å². The normalized spacial score (nSPS) is 23.3. The van der Waals surface area contributed by atoms with Gasteiger partial charge in [0.15, 0.2) is 0 Å². The third-order valence-corrected chi connectivity index (χ3v) is 4.78. The zero-order valence-electron chi connectivity index (χ0n) is 14.8. The second-order valence-electron chi connectivity index (χ2n) is 6.98. The van der Waals surface area contributed by atoms with Gasteiger partial charge in [0.2, 0.25) is 0 Å². The van der Waals surface area contributed by atoms with Gasteiger partial charge in [0.05, 0.1) is 17.2 Å². The molecule has 0 heterocycles. The summed E-state index contributed by atoms with van der Waals surface area (Å²) < 4.78 is 0. The summed E-state index contributed by atoms with van der Waals surface area (Å²) in [5.74, 6) is -0.273. The summed E-state index contributed by atoms with van der Waals surface area (Å²) in [7, 11) is 0. The number of carboxylic acids is 2. The minimum Gasteiger partial charge on any atom is -0.478 e. The van der Waals surface area contributed by atoms with Gasteiger partial charge >= 0.3 is 11.9 Å². The molecule has 134 valence electrons. The fourth-order valence-electron chi connectivity index (χ4n) is 3.25. The Morgan fingerprint density at radius 3 is 1.96 bits per heavy atom. The highest BCUT2D eigenvalue weighted by Crippen LogP contribution is 2.33. The third kappa shape index (κ3) is 5.34. The fourth-order valence-corrected chi connectivity index (χ4v) is 3.25. The van der Waals surface area contributed by atoms with Gasteiger partial charge in [0.25, 0.3) is 0 Å². The van der Waals surface area contributed by atoms with Crippen LogP contribution in [0.3, 0.4) is 0 Å². The van der Waals surface area contributed by atoms with E-state index in [0.717, 1.165) is 12.3 Å². The van der Waals surface area contributed by atoms with Crippen LogP contribution in [0.2, 0.25) is 0 Å². The lowest BCUT2D eigenvalue weighted by atomic mass is 9.75. The maximum absolute atomic E-state index is 10.6. The van der Waals surface area contributed by atoms with E-state index in [4.69, 9.17) is 10.2 Å². The molecule has 1 saturated carbocycles. The minimum atomic E-state index is -1.11. The van der Waals surface area contributed by atoms with Crippen molar-refractivity contribution < 1.29 is 24.9 Å². The van der Waals surface area contributed by atoms with Crippen molar-refractivity contribution in [3.8, 4) is 0 Å². The number of aliphatic hydroxyl groups is 1. The fraction of sp³-hybridized carbons (Fsp3) is 0.579.